The maximum absolute atomic E-state index is 9.37. The molecule has 17 heavy (non-hydrogen) atoms. The SMILES string of the molecule is CC.CCc1cnn(C2(C#N)CCCCC2)c1. The lowest BCUT2D eigenvalue weighted by Crippen LogP contribution is -2.34. The van der Waals surface area contributed by atoms with Gasteiger partial charge in [-0.2, -0.15) is 10.4 Å². The number of nitriles is 1. The fourth-order valence-corrected chi connectivity index (χ4v) is 2.31. The van der Waals surface area contributed by atoms with E-state index in [0.717, 1.165) is 32.1 Å². The Balaban J connectivity index is 0.000000686. The molecule has 0 radical (unpaired) electrons. The number of rotatable bonds is 2. The molecule has 1 aliphatic rings. The topological polar surface area (TPSA) is 41.6 Å². The molecule has 0 aliphatic heterocycles. The second-order valence-electron chi connectivity index (χ2n) is 4.35. The second-order valence-corrected chi connectivity index (χ2v) is 4.35. The minimum Gasteiger partial charge on any atom is -0.252 e. The molecule has 1 aliphatic carbocycles. The molecular formula is C14H23N3. The third kappa shape index (κ3) is 2.88. The lowest BCUT2D eigenvalue weighted by Gasteiger charge is -2.30. The number of nitrogens with zero attached hydrogens (tertiary/aromatic N) is 3. The summed E-state index contributed by atoms with van der Waals surface area (Å²) in [6.07, 6.45) is 10.4. The van der Waals surface area contributed by atoms with Gasteiger partial charge in [-0.25, -0.2) is 0 Å². The van der Waals surface area contributed by atoms with Crippen LogP contribution in [-0.2, 0) is 12.0 Å². The van der Waals surface area contributed by atoms with Crippen molar-refractivity contribution in [3.8, 4) is 6.07 Å². The number of aryl methyl sites for hydroxylation is 1. The van der Waals surface area contributed by atoms with Gasteiger partial charge in [-0.1, -0.05) is 27.2 Å². The van der Waals surface area contributed by atoms with Crippen LogP contribution in [0.5, 0.6) is 0 Å². The summed E-state index contributed by atoms with van der Waals surface area (Å²) < 4.78 is 1.89. The van der Waals surface area contributed by atoms with Gasteiger partial charge in [0.05, 0.1) is 12.3 Å². The largest absolute Gasteiger partial charge is 0.252 e. The minimum atomic E-state index is -0.355. The van der Waals surface area contributed by atoms with Gasteiger partial charge in [0.25, 0.3) is 0 Å². The Labute approximate surface area is 104 Å². The van der Waals surface area contributed by atoms with E-state index in [2.05, 4.69) is 18.1 Å². The van der Waals surface area contributed by atoms with Crippen LogP contribution in [0.2, 0.25) is 0 Å². The Kier molecular flexibility index (Phi) is 5.21. The van der Waals surface area contributed by atoms with E-state index in [4.69, 9.17) is 0 Å². The normalized spacial score (nSPS) is 17.8. The quantitative estimate of drug-likeness (QED) is 0.782. The van der Waals surface area contributed by atoms with E-state index in [0.29, 0.717) is 0 Å². The van der Waals surface area contributed by atoms with Crippen LogP contribution in [0.3, 0.4) is 0 Å². The summed E-state index contributed by atoms with van der Waals surface area (Å²) >= 11 is 0. The van der Waals surface area contributed by atoms with Crippen molar-refractivity contribution in [2.45, 2.75) is 64.8 Å². The highest BCUT2D eigenvalue weighted by molar-refractivity contribution is 5.11. The molecule has 0 atom stereocenters. The standard InChI is InChI=1S/C12H17N3.C2H6/c1-2-11-8-14-15(9-11)12(10-13)6-4-3-5-7-12;1-2/h8-9H,2-7H2,1H3;1-2H3. The zero-order valence-electron chi connectivity index (χ0n) is 11.2. The summed E-state index contributed by atoms with van der Waals surface area (Å²) in [6.45, 7) is 6.11. The Hall–Kier alpha value is -1.30. The molecule has 0 N–H and O–H groups in total. The average Bonchev–Trinajstić information content (AvgIpc) is 2.91. The molecule has 94 valence electrons. The van der Waals surface area contributed by atoms with Crippen molar-refractivity contribution in [2.75, 3.05) is 0 Å². The summed E-state index contributed by atoms with van der Waals surface area (Å²) in [5, 5.41) is 13.7. The summed E-state index contributed by atoms with van der Waals surface area (Å²) in [4.78, 5) is 0. The van der Waals surface area contributed by atoms with Crippen molar-refractivity contribution in [1.82, 2.24) is 9.78 Å². The van der Waals surface area contributed by atoms with Crippen LogP contribution in [0, 0.1) is 11.3 Å². The maximum Gasteiger partial charge on any atom is 0.148 e. The number of hydrogen-bond donors (Lipinski definition) is 0. The zero-order valence-corrected chi connectivity index (χ0v) is 11.2. The summed E-state index contributed by atoms with van der Waals surface area (Å²) in [7, 11) is 0. The highest BCUT2D eigenvalue weighted by Gasteiger charge is 2.34. The van der Waals surface area contributed by atoms with Gasteiger partial charge in [0.2, 0.25) is 0 Å². The smallest absolute Gasteiger partial charge is 0.148 e. The molecule has 3 heteroatoms. The Morgan fingerprint density at radius 1 is 1.35 bits per heavy atom. The van der Waals surface area contributed by atoms with Crippen molar-refractivity contribution in [1.29, 1.82) is 5.26 Å². The van der Waals surface area contributed by atoms with E-state index in [1.165, 1.54) is 12.0 Å². The van der Waals surface area contributed by atoms with Gasteiger partial charge in [0.15, 0.2) is 0 Å². The summed E-state index contributed by atoms with van der Waals surface area (Å²) in [5.41, 5.74) is 0.862. The maximum atomic E-state index is 9.37. The van der Waals surface area contributed by atoms with Crippen LogP contribution in [0.4, 0.5) is 0 Å². The van der Waals surface area contributed by atoms with Crippen molar-refractivity contribution in [2.24, 2.45) is 0 Å². The molecule has 0 bridgehead atoms. The van der Waals surface area contributed by atoms with Crippen molar-refractivity contribution < 1.29 is 0 Å². The lowest BCUT2D eigenvalue weighted by atomic mass is 9.83. The first-order chi connectivity index (χ1) is 8.30. The van der Waals surface area contributed by atoms with Gasteiger partial charge in [0, 0.05) is 6.20 Å². The molecule has 1 saturated carbocycles. The fraction of sp³-hybridized carbons (Fsp3) is 0.714. The lowest BCUT2D eigenvalue weighted by molar-refractivity contribution is 0.244. The van der Waals surface area contributed by atoms with Gasteiger partial charge in [-0.15, -0.1) is 0 Å². The highest BCUT2D eigenvalue weighted by Crippen LogP contribution is 2.33. The predicted molar refractivity (Wildman–Crippen MR) is 69.6 cm³/mol. The third-order valence-corrected chi connectivity index (χ3v) is 3.37. The van der Waals surface area contributed by atoms with Crippen LogP contribution < -0.4 is 0 Å². The molecular weight excluding hydrogens is 210 g/mol. The predicted octanol–water partition coefficient (Wildman–Crippen LogP) is 3.65. The second kappa shape index (κ2) is 6.44. The van der Waals surface area contributed by atoms with Crippen molar-refractivity contribution >= 4 is 0 Å². The molecule has 0 aromatic carbocycles. The van der Waals surface area contributed by atoms with Crippen molar-refractivity contribution in [3.63, 3.8) is 0 Å². The third-order valence-electron chi connectivity index (χ3n) is 3.37. The highest BCUT2D eigenvalue weighted by atomic mass is 15.3. The van der Waals surface area contributed by atoms with Crippen LogP contribution in [0.15, 0.2) is 12.4 Å². The molecule has 1 aromatic rings. The molecule has 2 rings (SSSR count). The van der Waals surface area contributed by atoms with E-state index < -0.39 is 0 Å². The Bertz CT molecular complexity index is 367. The number of aromatic nitrogens is 2. The Morgan fingerprint density at radius 2 is 2.00 bits per heavy atom. The van der Waals surface area contributed by atoms with E-state index in [-0.39, 0.29) is 5.54 Å². The van der Waals surface area contributed by atoms with Crippen LogP contribution >= 0.6 is 0 Å². The van der Waals surface area contributed by atoms with E-state index in [1.807, 2.05) is 30.9 Å². The van der Waals surface area contributed by atoms with Gasteiger partial charge >= 0.3 is 0 Å². The molecule has 3 nitrogen and oxygen atoms in total. The van der Waals surface area contributed by atoms with Crippen molar-refractivity contribution in [3.05, 3.63) is 18.0 Å². The van der Waals surface area contributed by atoms with Gasteiger partial charge in [-0.05, 0) is 37.7 Å². The molecule has 1 fully saturated rings. The minimum absolute atomic E-state index is 0.355. The zero-order chi connectivity index (χ0) is 12.7. The summed E-state index contributed by atoms with van der Waals surface area (Å²) in [5.74, 6) is 0. The van der Waals surface area contributed by atoms with Gasteiger partial charge < -0.3 is 0 Å². The van der Waals surface area contributed by atoms with Crippen LogP contribution in [0.25, 0.3) is 0 Å². The molecule has 0 saturated heterocycles. The molecule has 0 spiro atoms. The first kappa shape index (κ1) is 13.8. The van der Waals surface area contributed by atoms with Gasteiger partial charge in [-0.3, -0.25) is 4.68 Å². The number of hydrogen-bond acceptors (Lipinski definition) is 2. The van der Waals surface area contributed by atoms with Gasteiger partial charge in [0.1, 0.15) is 5.54 Å². The van der Waals surface area contributed by atoms with Crippen LogP contribution in [-0.4, -0.2) is 9.78 Å². The van der Waals surface area contributed by atoms with E-state index >= 15 is 0 Å². The van der Waals surface area contributed by atoms with Crippen LogP contribution in [0.1, 0.15) is 58.4 Å². The first-order valence-corrected chi connectivity index (χ1v) is 6.76. The average molecular weight is 233 g/mol. The molecule has 1 aromatic heterocycles. The monoisotopic (exact) mass is 233 g/mol. The van der Waals surface area contributed by atoms with E-state index in [1.54, 1.807) is 0 Å². The molecule has 0 unspecified atom stereocenters. The molecule has 0 amide bonds. The summed E-state index contributed by atoms with van der Waals surface area (Å²) in [6, 6.07) is 2.47. The Morgan fingerprint density at radius 3 is 2.47 bits per heavy atom. The fourth-order valence-electron chi connectivity index (χ4n) is 2.31. The first-order valence-electron chi connectivity index (χ1n) is 6.76. The van der Waals surface area contributed by atoms with E-state index in [9.17, 15) is 5.26 Å². The molecule has 1 heterocycles.